The number of hydrogen-bond donors (Lipinski definition) is 0. The summed E-state index contributed by atoms with van der Waals surface area (Å²) in [6.45, 7) is 0.0168. The molecular weight excluding hydrogens is 390 g/mol. The van der Waals surface area contributed by atoms with Crippen molar-refractivity contribution < 1.29 is 32.7 Å². The van der Waals surface area contributed by atoms with E-state index in [2.05, 4.69) is 0 Å². The minimum absolute atomic E-state index is 0.00261. The molecule has 8 nitrogen and oxygen atoms in total. The second-order valence-corrected chi connectivity index (χ2v) is 6.75. The minimum atomic E-state index is -1.28. The number of esters is 1. The standard InChI is InChI=1S/C22H17NO7/c1-28-22(27)14-8-6-13(7-9-14)18-17(19(24)16-5-3-11-30-16)20(25)21(26)23(18)12-15-4-2-10-29-15/h2-11,17-18H,12H2,1H3. The van der Waals surface area contributed by atoms with Crippen molar-refractivity contribution in [1.82, 2.24) is 4.90 Å². The molecule has 1 amide bonds. The highest BCUT2D eigenvalue weighted by Crippen LogP contribution is 2.39. The lowest BCUT2D eigenvalue weighted by Gasteiger charge is -2.26. The van der Waals surface area contributed by atoms with Gasteiger partial charge >= 0.3 is 5.97 Å². The van der Waals surface area contributed by atoms with Gasteiger partial charge < -0.3 is 18.5 Å². The molecule has 4 rings (SSSR count). The average molecular weight is 407 g/mol. The number of methoxy groups -OCH3 is 1. The van der Waals surface area contributed by atoms with Gasteiger partial charge in [0.2, 0.25) is 11.6 Å². The summed E-state index contributed by atoms with van der Waals surface area (Å²) in [6.07, 6.45) is 2.79. The zero-order valence-electron chi connectivity index (χ0n) is 15.9. The maximum absolute atomic E-state index is 13.0. The molecule has 0 radical (unpaired) electrons. The van der Waals surface area contributed by atoms with E-state index < -0.39 is 35.4 Å². The van der Waals surface area contributed by atoms with Crippen LogP contribution in [0, 0.1) is 5.92 Å². The number of Topliss-reactive ketones (excluding diaryl/α,β-unsaturated/α-hetero) is 2. The predicted molar refractivity (Wildman–Crippen MR) is 101 cm³/mol. The Hall–Kier alpha value is -3.94. The van der Waals surface area contributed by atoms with Gasteiger partial charge in [-0.25, -0.2) is 4.79 Å². The summed E-state index contributed by atoms with van der Waals surface area (Å²) in [6, 6.07) is 11.7. The van der Waals surface area contributed by atoms with E-state index in [1.54, 1.807) is 24.3 Å². The largest absolute Gasteiger partial charge is 0.467 e. The van der Waals surface area contributed by atoms with Crippen LogP contribution in [0.3, 0.4) is 0 Å². The number of benzene rings is 1. The van der Waals surface area contributed by atoms with Gasteiger partial charge in [-0.1, -0.05) is 12.1 Å². The first-order chi connectivity index (χ1) is 14.5. The number of carbonyl (C=O) groups excluding carboxylic acids is 4. The van der Waals surface area contributed by atoms with Crippen LogP contribution in [0.1, 0.15) is 38.3 Å². The van der Waals surface area contributed by atoms with Crippen molar-refractivity contribution in [2.75, 3.05) is 7.11 Å². The first-order valence-electron chi connectivity index (χ1n) is 9.14. The van der Waals surface area contributed by atoms with Gasteiger partial charge in [0.25, 0.3) is 5.91 Å². The van der Waals surface area contributed by atoms with Gasteiger partial charge in [-0.2, -0.15) is 0 Å². The molecule has 1 fully saturated rings. The molecule has 3 heterocycles. The van der Waals surface area contributed by atoms with Gasteiger partial charge in [-0.15, -0.1) is 0 Å². The molecule has 1 aromatic carbocycles. The number of rotatable bonds is 6. The van der Waals surface area contributed by atoms with E-state index in [-0.39, 0.29) is 12.3 Å². The molecule has 0 bridgehead atoms. The van der Waals surface area contributed by atoms with Crippen molar-refractivity contribution in [3.63, 3.8) is 0 Å². The molecule has 0 N–H and O–H groups in total. The van der Waals surface area contributed by atoms with Crippen LogP contribution in [0.15, 0.2) is 69.9 Å². The van der Waals surface area contributed by atoms with Crippen LogP contribution in [0.4, 0.5) is 0 Å². The monoisotopic (exact) mass is 407 g/mol. The lowest BCUT2D eigenvalue weighted by molar-refractivity contribution is -0.141. The van der Waals surface area contributed by atoms with Gasteiger partial charge in [0, 0.05) is 0 Å². The summed E-state index contributed by atoms with van der Waals surface area (Å²) >= 11 is 0. The maximum atomic E-state index is 13.0. The summed E-state index contributed by atoms with van der Waals surface area (Å²) < 4.78 is 15.2. The third kappa shape index (κ3) is 3.32. The van der Waals surface area contributed by atoms with Crippen LogP contribution < -0.4 is 0 Å². The summed E-state index contributed by atoms with van der Waals surface area (Å²) in [4.78, 5) is 51.7. The molecule has 1 aliphatic rings. The Morgan fingerprint density at radius 3 is 2.30 bits per heavy atom. The van der Waals surface area contributed by atoms with Crippen molar-refractivity contribution >= 4 is 23.4 Å². The fourth-order valence-corrected chi connectivity index (χ4v) is 3.61. The van der Waals surface area contributed by atoms with Crippen LogP contribution in [0.25, 0.3) is 0 Å². The second kappa shape index (κ2) is 7.82. The fourth-order valence-electron chi connectivity index (χ4n) is 3.61. The van der Waals surface area contributed by atoms with Gasteiger partial charge in [-0.05, 0) is 42.0 Å². The van der Waals surface area contributed by atoms with E-state index in [1.807, 2.05) is 0 Å². The van der Waals surface area contributed by atoms with E-state index in [0.29, 0.717) is 16.9 Å². The third-order valence-corrected chi connectivity index (χ3v) is 5.03. The molecule has 0 saturated carbocycles. The first kappa shape index (κ1) is 19.4. The summed E-state index contributed by atoms with van der Waals surface area (Å²) in [7, 11) is 1.27. The van der Waals surface area contributed by atoms with Crippen molar-refractivity contribution in [1.29, 1.82) is 0 Å². The molecule has 0 spiro atoms. The lowest BCUT2D eigenvalue weighted by atomic mass is 9.88. The maximum Gasteiger partial charge on any atom is 0.337 e. The molecule has 30 heavy (non-hydrogen) atoms. The smallest absolute Gasteiger partial charge is 0.337 e. The molecule has 2 aromatic heterocycles. The highest BCUT2D eigenvalue weighted by Gasteiger charge is 2.52. The van der Waals surface area contributed by atoms with Gasteiger partial charge in [0.15, 0.2) is 5.76 Å². The zero-order chi connectivity index (χ0) is 21.3. The third-order valence-electron chi connectivity index (χ3n) is 5.03. The fraction of sp³-hybridized carbons (Fsp3) is 0.182. The SMILES string of the molecule is COC(=O)c1ccc(C2C(C(=O)c3ccco3)C(=O)C(=O)N2Cc2ccco2)cc1. The molecule has 0 aliphatic carbocycles. The zero-order valence-corrected chi connectivity index (χ0v) is 15.9. The van der Waals surface area contributed by atoms with Crippen molar-refractivity contribution in [2.45, 2.75) is 12.6 Å². The van der Waals surface area contributed by atoms with Crippen molar-refractivity contribution in [2.24, 2.45) is 5.92 Å². The number of furan rings is 2. The lowest BCUT2D eigenvalue weighted by Crippen LogP contribution is -2.30. The van der Waals surface area contributed by atoms with Gasteiger partial charge in [0.05, 0.1) is 37.8 Å². The second-order valence-electron chi connectivity index (χ2n) is 6.75. The summed E-state index contributed by atoms with van der Waals surface area (Å²) in [5.74, 6) is -3.50. The molecule has 1 saturated heterocycles. The van der Waals surface area contributed by atoms with E-state index >= 15 is 0 Å². The quantitative estimate of drug-likeness (QED) is 0.268. The van der Waals surface area contributed by atoms with Crippen LogP contribution in [0.2, 0.25) is 0 Å². The molecular formula is C22H17NO7. The number of nitrogens with zero attached hydrogens (tertiary/aromatic N) is 1. The van der Waals surface area contributed by atoms with E-state index in [9.17, 15) is 19.2 Å². The van der Waals surface area contributed by atoms with Gasteiger partial charge in [-0.3, -0.25) is 14.4 Å². The minimum Gasteiger partial charge on any atom is -0.467 e. The van der Waals surface area contributed by atoms with Gasteiger partial charge in [0.1, 0.15) is 11.7 Å². The Morgan fingerprint density at radius 2 is 1.70 bits per heavy atom. The molecule has 2 atom stereocenters. The van der Waals surface area contributed by atoms with E-state index in [1.165, 1.54) is 48.8 Å². The summed E-state index contributed by atoms with van der Waals surface area (Å²) in [5, 5.41) is 0. The van der Waals surface area contributed by atoms with Crippen LogP contribution in [-0.4, -0.2) is 35.5 Å². The Bertz CT molecular complexity index is 1080. The Kier molecular flexibility index (Phi) is 5.05. The Balaban J connectivity index is 1.76. The topological polar surface area (TPSA) is 107 Å². The highest BCUT2D eigenvalue weighted by atomic mass is 16.5. The first-order valence-corrected chi connectivity index (χ1v) is 9.14. The van der Waals surface area contributed by atoms with E-state index in [0.717, 1.165) is 0 Å². The molecule has 1 aliphatic heterocycles. The molecule has 152 valence electrons. The molecule has 2 unspecified atom stereocenters. The van der Waals surface area contributed by atoms with Crippen LogP contribution in [-0.2, 0) is 20.9 Å². The van der Waals surface area contributed by atoms with Crippen molar-refractivity contribution in [3.05, 3.63) is 83.7 Å². The number of amides is 1. The average Bonchev–Trinajstić information content (AvgIpc) is 3.52. The number of carbonyl (C=O) groups is 4. The van der Waals surface area contributed by atoms with E-state index in [4.69, 9.17) is 13.6 Å². The molecule has 3 aromatic rings. The highest BCUT2D eigenvalue weighted by molar-refractivity contribution is 6.43. The Morgan fingerprint density at radius 1 is 1.00 bits per heavy atom. The summed E-state index contributed by atoms with van der Waals surface area (Å²) in [5.41, 5.74) is 0.835. The number of hydrogen-bond acceptors (Lipinski definition) is 7. The number of ketones is 2. The normalized spacial score (nSPS) is 18.6. The number of ether oxygens (including phenoxy) is 1. The Labute approximate surface area is 171 Å². The number of likely N-dealkylation sites (tertiary alicyclic amines) is 1. The predicted octanol–water partition coefficient (Wildman–Crippen LogP) is 2.81. The molecule has 8 heteroatoms. The van der Waals surface area contributed by atoms with Crippen LogP contribution in [0.5, 0.6) is 0 Å². The van der Waals surface area contributed by atoms with Crippen LogP contribution >= 0.6 is 0 Å². The van der Waals surface area contributed by atoms with Crippen molar-refractivity contribution in [3.8, 4) is 0 Å².